The van der Waals surface area contributed by atoms with Crippen molar-refractivity contribution in [1.82, 2.24) is 5.43 Å². The third kappa shape index (κ3) is 3.59. The van der Waals surface area contributed by atoms with Gasteiger partial charge in [-0.3, -0.25) is 5.84 Å². The molecule has 0 radical (unpaired) electrons. The van der Waals surface area contributed by atoms with Crippen molar-refractivity contribution >= 4 is 21.4 Å². The molecule has 0 spiro atoms. The molecular weight excluding hydrogens is 315 g/mol. The van der Waals surface area contributed by atoms with E-state index in [4.69, 9.17) is 17.4 Å². The molecule has 112 valence electrons. The second-order valence-electron chi connectivity index (χ2n) is 4.61. The molecule has 2 aromatic rings. The molecule has 1 atom stereocenters. The fourth-order valence-electron chi connectivity index (χ4n) is 2.03. The van der Waals surface area contributed by atoms with Crippen LogP contribution >= 0.6 is 11.6 Å². The van der Waals surface area contributed by atoms with E-state index < -0.39 is 21.7 Å². The number of sulfone groups is 1. The number of benzene rings is 2. The average molecular weight is 329 g/mol. The Balaban J connectivity index is 2.51. The molecule has 3 N–H and O–H groups in total. The second kappa shape index (κ2) is 6.11. The maximum atomic E-state index is 14.0. The van der Waals surface area contributed by atoms with E-state index in [1.165, 1.54) is 24.3 Å². The summed E-state index contributed by atoms with van der Waals surface area (Å²) in [6.45, 7) is 0. The lowest BCUT2D eigenvalue weighted by Gasteiger charge is -2.18. The van der Waals surface area contributed by atoms with Gasteiger partial charge in [-0.15, -0.1) is 0 Å². The van der Waals surface area contributed by atoms with Gasteiger partial charge in [-0.25, -0.2) is 18.2 Å². The minimum Gasteiger partial charge on any atom is -0.271 e. The Bertz CT molecular complexity index is 765. The summed E-state index contributed by atoms with van der Waals surface area (Å²) in [7, 11) is -3.35. The number of hydrazine groups is 1. The number of nitrogens with one attached hydrogen (secondary N) is 1. The summed E-state index contributed by atoms with van der Waals surface area (Å²) in [4.78, 5) is 0.148. The lowest BCUT2D eigenvalue weighted by atomic mass is 9.99. The minimum absolute atomic E-state index is 0.148. The molecule has 0 saturated heterocycles. The van der Waals surface area contributed by atoms with Gasteiger partial charge in [-0.2, -0.15) is 0 Å². The predicted octanol–water partition coefficient (Wildman–Crippen LogP) is 2.44. The highest BCUT2D eigenvalue weighted by atomic mass is 35.5. The monoisotopic (exact) mass is 328 g/mol. The fraction of sp³-hybridized carbons (Fsp3) is 0.143. The van der Waals surface area contributed by atoms with Gasteiger partial charge in [0.05, 0.1) is 10.9 Å². The lowest BCUT2D eigenvalue weighted by molar-refractivity contribution is 0.559. The van der Waals surface area contributed by atoms with Gasteiger partial charge in [-0.05, 0) is 29.8 Å². The first kappa shape index (κ1) is 15.9. The molecule has 0 aliphatic heterocycles. The molecule has 2 rings (SSSR count). The van der Waals surface area contributed by atoms with Gasteiger partial charge < -0.3 is 0 Å². The number of hydrogen-bond acceptors (Lipinski definition) is 4. The molecular formula is C14H14ClFN2O2S. The van der Waals surface area contributed by atoms with Crippen molar-refractivity contribution in [3.63, 3.8) is 0 Å². The molecule has 21 heavy (non-hydrogen) atoms. The molecule has 7 heteroatoms. The predicted molar refractivity (Wildman–Crippen MR) is 80.1 cm³/mol. The topological polar surface area (TPSA) is 72.2 Å². The molecule has 0 bridgehead atoms. The van der Waals surface area contributed by atoms with Crippen molar-refractivity contribution in [3.05, 3.63) is 64.4 Å². The zero-order valence-corrected chi connectivity index (χ0v) is 12.7. The molecule has 0 aliphatic carbocycles. The van der Waals surface area contributed by atoms with Gasteiger partial charge >= 0.3 is 0 Å². The first-order valence-electron chi connectivity index (χ1n) is 6.04. The van der Waals surface area contributed by atoms with Crippen molar-refractivity contribution in [2.75, 3.05) is 6.26 Å². The molecule has 2 aromatic carbocycles. The highest BCUT2D eigenvalue weighted by Crippen LogP contribution is 2.27. The van der Waals surface area contributed by atoms with Crippen molar-refractivity contribution in [2.24, 2.45) is 5.84 Å². The maximum absolute atomic E-state index is 14.0. The van der Waals surface area contributed by atoms with Gasteiger partial charge in [0.2, 0.25) is 0 Å². The number of nitrogens with two attached hydrogens (primary N) is 1. The number of halogens is 2. The minimum atomic E-state index is -3.35. The Morgan fingerprint density at radius 3 is 2.52 bits per heavy atom. The van der Waals surface area contributed by atoms with E-state index in [-0.39, 0.29) is 15.5 Å². The van der Waals surface area contributed by atoms with Crippen LogP contribution in [0.3, 0.4) is 0 Å². The van der Waals surface area contributed by atoms with Crippen LogP contribution in [0.15, 0.2) is 47.4 Å². The summed E-state index contributed by atoms with van der Waals surface area (Å²) in [6, 6.07) is 9.76. The van der Waals surface area contributed by atoms with Crippen LogP contribution in [-0.4, -0.2) is 14.7 Å². The largest absolute Gasteiger partial charge is 0.271 e. The average Bonchev–Trinajstić information content (AvgIpc) is 2.41. The quantitative estimate of drug-likeness (QED) is 0.668. The van der Waals surface area contributed by atoms with Crippen LogP contribution in [0.25, 0.3) is 0 Å². The van der Waals surface area contributed by atoms with Crippen LogP contribution in [0, 0.1) is 5.82 Å². The van der Waals surface area contributed by atoms with Crippen molar-refractivity contribution in [3.8, 4) is 0 Å². The zero-order valence-electron chi connectivity index (χ0n) is 11.2. The first-order valence-corrected chi connectivity index (χ1v) is 8.31. The summed E-state index contributed by atoms with van der Waals surface area (Å²) >= 11 is 5.72. The molecule has 0 aliphatic rings. The molecule has 0 aromatic heterocycles. The lowest BCUT2D eigenvalue weighted by Crippen LogP contribution is -2.29. The second-order valence-corrected chi connectivity index (χ2v) is 7.06. The SMILES string of the molecule is CS(=O)(=O)c1cccc(C(NN)c2ccc(Cl)cc2F)c1. The summed E-state index contributed by atoms with van der Waals surface area (Å²) in [5, 5.41) is 0.275. The van der Waals surface area contributed by atoms with Crippen LogP contribution in [0.5, 0.6) is 0 Å². The standard InChI is InChI=1S/C14H14ClFN2O2S/c1-21(19,20)11-4-2-3-9(7-11)14(18-17)12-6-5-10(15)8-13(12)16/h2-8,14,18H,17H2,1H3. The van der Waals surface area contributed by atoms with Gasteiger partial charge in [0, 0.05) is 16.8 Å². The molecule has 0 fully saturated rings. The summed E-state index contributed by atoms with van der Waals surface area (Å²) in [6.07, 6.45) is 1.11. The van der Waals surface area contributed by atoms with Crippen LogP contribution in [0.2, 0.25) is 5.02 Å². The molecule has 1 unspecified atom stereocenters. The summed E-state index contributed by atoms with van der Waals surface area (Å²) < 4.78 is 37.2. The van der Waals surface area contributed by atoms with E-state index in [2.05, 4.69) is 5.43 Å². The number of hydrogen-bond donors (Lipinski definition) is 2. The fourth-order valence-corrected chi connectivity index (χ4v) is 2.86. The van der Waals surface area contributed by atoms with Crippen LogP contribution in [-0.2, 0) is 9.84 Å². The smallest absolute Gasteiger partial charge is 0.175 e. The van der Waals surface area contributed by atoms with E-state index >= 15 is 0 Å². The third-order valence-electron chi connectivity index (χ3n) is 3.06. The molecule has 0 saturated carbocycles. The zero-order chi connectivity index (χ0) is 15.6. The van der Waals surface area contributed by atoms with E-state index in [9.17, 15) is 12.8 Å². The summed E-state index contributed by atoms with van der Waals surface area (Å²) in [5.41, 5.74) is 3.32. The first-order chi connectivity index (χ1) is 9.82. The van der Waals surface area contributed by atoms with E-state index in [1.54, 1.807) is 18.2 Å². The van der Waals surface area contributed by atoms with Crippen molar-refractivity contribution < 1.29 is 12.8 Å². The van der Waals surface area contributed by atoms with Gasteiger partial charge in [0.25, 0.3) is 0 Å². The van der Waals surface area contributed by atoms with Crippen LogP contribution in [0.4, 0.5) is 4.39 Å². The Kier molecular flexibility index (Phi) is 4.63. The van der Waals surface area contributed by atoms with Crippen LogP contribution in [0.1, 0.15) is 17.2 Å². The van der Waals surface area contributed by atoms with Gasteiger partial charge in [0.15, 0.2) is 9.84 Å². The van der Waals surface area contributed by atoms with Gasteiger partial charge in [-0.1, -0.05) is 29.8 Å². The number of rotatable bonds is 4. The Labute approximate surface area is 127 Å². The Morgan fingerprint density at radius 1 is 1.24 bits per heavy atom. The molecule has 0 heterocycles. The van der Waals surface area contributed by atoms with Gasteiger partial charge in [0.1, 0.15) is 5.82 Å². The Morgan fingerprint density at radius 2 is 1.95 bits per heavy atom. The van der Waals surface area contributed by atoms with Crippen LogP contribution < -0.4 is 11.3 Å². The van der Waals surface area contributed by atoms with Crippen molar-refractivity contribution in [2.45, 2.75) is 10.9 Å². The third-order valence-corrected chi connectivity index (χ3v) is 4.41. The normalized spacial score (nSPS) is 13.1. The maximum Gasteiger partial charge on any atom is 0.175 e. The highest BCUT2D eigenvalue weighted by Gasteiger charge is 2.18. The van der Waals surface area contributed by atoms with Crippen molar-refractivity contribution in [1.29, 1.82) is 0 Å². The van der Waals surface area contributed by atoms with E-state index in [0.717, 1.165) is 6.26 Å². The molecule has 4 nitrogen and oxygen atoms in total. The summed E-state index contributed by atoms with van der Waals surface area (Å²) in [5.74, 6) is 4.99. The highest BCUT2D eigenvalue weighted by molar-refractivity contribution is 7.90. The Hall–Kier alpha value is -1.47. The molecule has 0 amide bonds. The van der Waals surface area contributed by atoms with E-state index in [1.807, 2.05) is 0 Å². The van der Waals surface area contributed by atoms with E-state index in [0.29, 0.717) is 5.56 Å².